The van der Waals surface area contributed by atoms with E-state index < -0.39 is 0 Å². The van der Waals surface area contributed by atoms with Gasteiger partial charge in [-0.2, -0.15) is 0 Å². The number of nitrogens with zero attached hydrogens (tertiary/aromatic N) is 2. The van der Waals surface area contributed by atoms with E-state index in [1.807, 2.05) is 30.3 Å². The topological polar surface area (TPSA) is 54.3 Å². The van der Waals surface area contributed by atoms with Crippen LogP contribution < -0.4 is 15.6 Å². The number of halogens is 1. The predicted octanol–water partition coefficient (Wildman–Crippen LogP) is 4.35. The number of hydrogen-bond acceptors (Lipinski definition) is 2. The van der Waals surface area contributed by atoms with Crippen LogP contribution >= 0.6 is 0 Å². The zero-order valence-corrected chi connectivity index (χ0v) is 14.9. The van der Waals surface area contributed by atoms with Crippen LogP contribution in [0.1, 0.15) is 0 Å². The van der Waals surface area contributed by atoms with Gasteiger partial charge in [0.05, 0.1) is 16.7 Å². The van der Waals surface area contributed by atoms with E-state index in [1.165, 1.54) is 24.3 Å². The maximum Gasteiger partial charge on any atom is 0.326 e. The van der Waals surface area contributed by atoms with Gasteiger partial charge < -0.3 is 9.88 Å². The Bertz CT molecular complexity index is 1300. The van der Waals surface area contributed by atoms with Crippen LogP contribution in [0.2, 0.25) is 0 Å². The summed E-state index contributed by atoms with van der Waals surface area (Å²) in [5, 5.41) is 4.07. The second kappa shape index (κ2) is 6.20. The van der Waals surface area contributed by atoms with Crippen molar-refractivity contribution in [3.05, 3.63) is 82.8 Å². The van der Waals surface area contributed by atoms with Gasteiger partial charge in [-0.3, -0.25) is 9.69 Å². The molecule has 1 N–H and O–H groups in total. The first-order valence-electron chi connectivity index (χ1n) is 9.02. The summed E-state index contributed by atoms with van der Waals surface area (Å²) in [6.07, 6.45) is 0. The van der Waals surface area contributed by atoms with Gasteiger partial charge in [0.1, 0.15) is 5.82 Å². The van der Waals surface area contributed by atoms with E-state index in [9.17, 15) is 14.0 Å². The maximum atomic E-state index is 13.1. The summed E-state index contributed by atoms with van der Waals surface area (Å²) >= 11 is 0. The minimum atomic E-state index is -0.360. The number of fused-ring (bicyclic) bond motifs is 2. The average molecular weight is 373 g/mol. The molecule has 2 amide bonds. The number of hydrogen-bond donors (Lipinski definition) is 1. The maximum absolute atomic E-state index is 13.1. The zero-order valence-electron chi connectivity index (χ0n) is 14.9. The molecule has 0 unspecified atom stereocenters. The number of amides is 2. The third kappa shape index (κ3) is 2.45. The highest BCUT2D eigenvalue weighted by molar-refractivity contribution is 6.09. The molecule has 3 aromatic carbocycles. The molecule has 0 aliphatic carbocycles. The minimum absolute atomic E-state index is 0.0375. The molecule has 4 aromatic rings. The lowest BCUT2D eigenvalue weighted by Crippen LogP contribution is -2.40. The molecular weight excluding hydrogens is 357 g/mol. The van der Waals surface area contributed by atoms with Crippen LogP contribution in [0.3, 0.4) is 0 Å². The number of aromatic nitrogens is 1. The number of benzene rings is 3. The number of carbonyl (C=O) groups is 1. The SMILES string of the molecule is O=C(Nc1ccc(F)cc1)N1CCn2c3ccccc3c(=O)c3cccc1c32. The number of nitrogens with one attached hydrogen (secondary N) is 1. The van der Waals surface area contributed by atoms with E-state index in [1.54, 1.807) is 17.0 Å². The number of anilines is 2. The number of carbonyl (C=O) groups excluding carboxylic acids is 1. The summed E-state index contributed by atoms with van der Waals surface area (Å²) in [4.78, 5) is 27.5. The van der Waals surface area contributed by atoms with Crippen LogP contribution in [0, 0.1) is 5.82 Å². The Labute approximate surface area is 159 Å². The highest BCUT2D eigenvalue weighted by atomic mass is 19.1. The van der Waals surface area contributed by atoms with E-state index in [2.05, 4.69) is 9.88 Å². The molecule has 28 heavy (non-hydrogen) atoms. The van der Waals surface area contributed by atoms with Crippen molar-refractivity contribution in [1.82, 2.24) is 4.57 Å². The summed E-state index contributed by atoms with van der Waals surface area (Å²) in [7, 11) is 0. The van der Waals surface area contributed by atoms with E-state index >= 15 is 0 Å². The van der Waals surface area contributed by atoms with Crippen LogP contribution in [-0.4, -0.2) is 17.1 Å². The van der Waals surface area contributed by atoms with Gasteiger partial charge in [0.25, 0.3) is 0 Å². The van der Waals surface area contributed by atoms with Crippen molar-refractivity contribution < 1.29 is 9.18 Å². The van der Waals surface area contributed by atoms with Crippen molar-refractivity contribution in [1.29, 1.82) is 0 Å². The van der Waals surface area contributed by atoms with Crippen molar-refractivity contribution in [3.63, 3.8) is 0 Å². The standard InChI is InChI=1S/C22H16FN3O2/c23-14-8-10-15(11-9-14)24-22(28)26-13-12-25-18-6-2-1-4-16(18)21(27)17-5-3-7-19(26)20(17)25/h1-11H,12-13H2,(H,24,28). The van der Waals surface area contributed by atoms with Crippen molar-refractivity contribution in [3.8, 4) is 0 Å². The fraction of sp³-hybridized carbons (Fsp3) is 0.0909. The Balaban J connectivity index is 1.65. The summed E-state index contributed by atoms with van der Waals surface area (Å²) in [6, 6.07) is 18.3. The van der Waals surface area contributed by atoms with Gasteiger partial charge in [-0.15, -0.1) is 0 Å². The molecule has 0 saturated carbocycles. The van der Waals surface area contributed by atoms with Gasteiger partial charge in [-0.1, -0.05) is 18.2 Å². The normalized spacial score (nSPS) is 13.1. The van der Waals surface area contributed by atoms with E-state index in [-0.39, 0.29) is 17.3 Å². The molecule has 138 valence electrons. The second-order valence-corrected chi connectivity index (χ2v) is 6.76. The fourth-order valence-corrected chi connectivity index (χ4v) is 3.87. The summed E-state index contributed by atoms with van der Waals surface area (Å²) in [5.74, 6) is -0.360. The van der Waals surface area contributed by atoms with Crippen LogP contribution in [0.25, 0.3) is 21.8 Å². The van der Waals surface area contributed by atoms with E-state index in [4.69, 9.17) is 0 Å². The Morgan fingerprint density at radius 3 is 2.46 bits per heavy atom. The molecule has 1 aliphatic rings. The average Bonchev–Trinajstić information content (AvgIpc) is 2.73. The van der Waals surface area contributed by atoms with Gasteiger partial charge in [-0.25, -0.2) is 9.18 Å². The molecule has 1 aliphatic heterocycles. The number of rotatable bonds is 1. The van der Waals surface area contributed by atoms with Crippen LogP contribution in [0.4, 0.5) is 20.6 Å². The Kier molecular flexibility index (Phi) is 3.65. The molecule has 0 atom stereocenters. The Morgan fingerprint density at radius 1 is 0.893 bits per heavy atom. The first kappa shape index (κ1) is 16.5. The molecular formula is C22H16FN3O2. The first-order chi connectivity index (χ1) is 13.6. The summed E-state index contributed by atoms with van der Waals surface area (Å²) in [5.41, 5.74) is 2.79. The largest absolute Gasteiger partial charge is 0.337 e. The van der Waals surface area contributed by atoms with Crippen molar-refractivity contribution in [2.75, 3.05) is 16.8 Å². The second-order valence-electron chi connectivity index (χ2n) is 6.76. The van der Waals surface area contributed by atoms with Crippen molar-refractivity contribution in [2.24, 2.45) is 0 Å². The number of urea groups is 1. The molecule has 0 bridgehead atoms. The van der Waals surface area contributed by atoms with Gasteiger partial charge in [0.15, 0.2) is 5.43 Å². The fourth-order valence-electron chi connectivity index (χ4n) is 3.87. The zero-order chi connectivity index (χ0) is 19.3. The van der Waals surface area contributed by atoms with Gasteiger partial charge >= 0.3 is 6.03 Å². The van der Waals surface area contributed by atoms with Crippen LogP contribution in [-0.2, 0) is 6.54 Å². The predicted molar refractivity (Wildman–Crippen MR) is 108 cm³/mol. The minimum Gasteiger partial charge on any atom is -0.337 e. The molecule has 5 rings (SSSR count). The first-order valence-corrected chi connectivity index (χ1v) is 9.02. The lowest BCUT2D eigenvalue weighted by Gasteiger charge is -2.31. The highest BCUT2D eigenvalue weighted by Crippen LogP contribution is 2.32. The molecule has 0 spiro atoms. The van der Waals surface area contributed by atoms with E-state index in [0.717, 1.165) is 11.0 Å². The monoisotopic (exact) mass is 373 g/mol. The highest BCUT2D eigenvalue weighted by Gasteiger charge is 2.25. The third-order valence-corrected chi connectivity index (χ3v) is 5.15. The van der Waals surface area contributed by atoms with Crippen LogP contribution in [0.15, 0.2) is 71.5 Å². The molecule has 0 saturated heterocycles. The number of para-hydroxylation sites is 2. The Morgan fingerprint density at radius 2 is 1.64 bits per heavy atom. The molecule has 6 heteroatoms. The lowest BCUT2D eigenvalue weighted by molar-refractivity contribution is 0.256. The third-order valence-electron chi connectivity index (χ3n) is 5.15. The van der Waals surface area contributed by atoms with Crippen LogP contribution in [0.5, 0.6) is 0 Å². The molecule has 2 heterocycles. The Hall–Kier alpha value is -3.67. The van der Waals surface area contributed by atoms with Gasteiger partial charge in [0, 0.05) is 29.5 Å². The van der Waals surface area contributed by atoms with Crippen molar-refractivity contribution >= 4 is 39.2 Å². The summed E-state index contributed by atoms with van der Waals surface area (Å²) < 4.78 is 15.2. The quantitative estimate of drug-likeness (QED) is 0.505. The lowest BCUT2D eigenvalue weighted by atomic mass is 10.1. The van der Waals surface area contributed by atoms with Gasteiger partial charge in [0.2, 0.25) is 0 Å². The molecule has 0 fully saturated rings. The van der Waals surface area contributed by atoms with Crippen molar-refractivity contribution in [2.45, 2.75) is 6.54 Å². The number of pyridine rings is 1. The molecule has 0 radical (unpaired) electrons. The summed E-state index contributed by atoms with van der Waals surface area (Å²) in [6.45, 7) is 1.04. The molecule has 1 aromatic heterocycles. The van der Waals surface area contributed by atoms with E-state index in [0.29, 0.717) is 35.2 Å². The van der Waals surface area contributed by atoms with Gasteiger partial charge in [-0.05, 0) is 48.5 Å². The molecule has 5 nitrogen and oxygen atoms in total. The smallest absolute Gasteiger partial charge is 0.326 e.